The Kier molecular flexibility index (Phi) is 4.51. The molecule has 4 rings (SSSR count). The Morgan fingerprint density at radius 2 is 1.73 bits per heavy atom. The number of rotatable bonds is 2. The van der Waals surface area contributed by atoms with Crippen LogP contribution in [0.15, 0.2) is 42.5 Å². The number of carbonyl (C=O) groups is 1. The molecule has 2 amide bonds. The largest absolute Gasteiger partial charge is 0.486 e. The summed E-state index contributed by atoms with van der Waals surface area (Å²) in [6.45, 7) is 3.52. The summed E-state index contributed by atoms with van der Waals surface area (Å²) in [4.78, 5) is 16.3. The topological polar surface area (TPSA) is 54.0 Å². The number of benzene rings is 2. The molecule has 1 fully saturated rings. The van der Waals surface area contributed by atoms with Crippen molar-refractivity contribution in [3.05, 3.63) is 48.3 Å². The monoisotopic (exact) mass is 357 g/mol. The maximum atomic E-state index is 13.4. The number of carbonyl (C=O) groups excluding carboxylic acids is 1. The number of urea groups is 1. The first kappa shape index (κ1) is 16.5. The number of piperazine rings is 1. The van der Waals surface area contributed by atoms with E-state index in [1.807, 2.05) is 6.07 Å². The molecule has 2 aromatic rings. The Morgan fingerprint density at radius 1 is 0.962 bits per heavy atom. The predicted octanol–water partition coefficient (Wildman–Crippen LogP) is 2.95. The Hall–Kier alpha value is -2.96. The fourth-order valence-electron chi connectivity index (χ4n) is 3.16. The second kappa shape index (κ2) is 7.11. The lowest BCUT2D eigenvalue weighted by molar-refractivity contribution is 0.171. The van der Waals surface area contributed by atoms with E-state index in [-0.39, 0.29) is 11.8 Å². The molecule has 0 unspecified atom stereocenters. The number of nitrogens with zero attached hydrogens (tertiary/aromatic N) is 2. The molecule has 2 aliphatic heterocycles. The SMILES string of the molecule is O=C(Nc1ccc2c(c1)OCCO2)N1CCN(c2cccc(F)c2)CC1. The average molecular weight is 357 g/mol. The zero-order valence-corrected chi connectivity index (χ0v) is 14.3. The summed E-state index contributed by atoms with van der Waals surface area (Å²) < 4.78 is 24.4. The first-order valence-corrected chi connectivity index (χ1v) is 8.65. The molecule has 1 saturated heterocycles. The fourth-order valence-corrected chi connectivity index (χ4v) is 3.16. The number of halogens is 1. The van der Waals surface area contributed by atoms with Crippen molar-refractivity contribution in [2.45, 2.75) is 0 Å². The molecule has 7 heteroatoms. The van der Waals surface area contributed by atoms with Gasteiger partial charge in [0.25, 0.3) is 0 Å². The van der Waals surface area contributed by atoms with Crippen LogP contribution in [0.2, 0.25) is 0 Å². The minimum Gasteiger partial charge on any atom is -0.486 e. The summed E-state index contributed by atoms with van der Waals surface area (Å²) in [6, 6.07) is 11.8. The van der Waals surface area contributed by atoms with E-state index in [1.54, 1.807) is 29.2 Å². The molecule has 0 aromatic heterocycles. The third-order valence-corrected chi connectivity index (χ3v) is 4.53. The highest BCUT2D eigenvalue weighted by Gasteiger charge is 2.22. The van der Waals surface area contributed by atoms with Gasteiger partial charge in [0.2, 0.25) is 0 Å². The molecule has 136 valence electrons. The van der Waals surface area contributed by atoms with E-state index >= 15 is 0 Å². The van der Waals surface area contributed by atoms with Crippen LogP contribution in [0.4, 0.5) is 20.6 Å². The highest BCUT2D eigenvalue weighted by Crippen LogP contribution is 2.32. The van der Waals surface area contributed by atoms with Crippen LogP contribution in [0.3, 0.4) is 0 Å². The van der Waals surface area contributed by atoms with Crippen molar-refractivity contribution in [2.75, 3.05) is 49.6 Å². The second-order valence-electron chi connectivity index (χ2n) is 6.24. The number of fused-ring (bicyclic) bond motifs is 1. The smallest absolute Gasteiger partial charge is 0.321 e. The molecule has 2 heterocycles. The van der Waals surface area contributed by atoms with E-state index in [4.69, 9.17) is 9.47 Å². The van der Waals surface area contributed by atoms with Crippen LogP contribution in [-0.4, -0.2) is 50.3 Å². The third kappa shape index (κ3) is 3.51. The van der Waals surface area contributed by atoms with E-state index in [0.29, 0.717) is 56.6 Å². The van der Waals surface area contributed by atoms with Crippen molar-refractivity contribution in [1.29, 1.82) is 0 Å². The van der Waals surface area contributed by atoms with Crippen molar-refractivity contribution in [2.24, 2.45) is 0 Å². The zero-order chi connectivity index (χ0) is 17.9. The summed E-state index contributed by atoms with van der Waals surface area (Å²) in [7, 11) is 0. The molecule has 0 spiro atoms. The van der Waals surface area contributed by atoms with Crippen LogP contribution in [0.25, 0.3) is 0 Å². The van der Waals surface area contributed by atoms with Gasteiger partial charge in [-0.15, -0.1) is 0 Å². The summed E-state index contributed by atoms with van der Waals surface area (Å²) in [5.41, 5.74) is 1.52. The van der Waals surface area contributed by atoms with Crippen molar-refractivity contribution in [3.8, 4) is 11.5 Å². The number of nitrogens with one attached hydrogen (secondary N) is 1. The van der Waals surface area contributed by atoms with Gasteiger partial charge in [0.15, 0.2) is 11.5 Å². The lowest BCUT2D eigenvalue weighted by atomic mass is 10.2. The highest BCUT2D eigenvalue weighted by atomic mass is 19.1. The van der Waals surface area contributed by atoms with Gasteiger partial charge in [0, 0.05) is 43.6 Å². The highest BCUT2D eigenvalue weighted by molar-refractivity contribution is 5.90. The van der Waals surface area contributed by atoms with Gasteiger partial charge in [0.1, 0.15) is 19.0 Å². The molecule has 0 saturated carbocycles. The van der Waals surface area contributed by atoms with Crippen LogP contribution in [0.5, 0.6) is 11.5 Å². The molecular weight excluding hydrogens is 337 g/mol. The van der Waals surface area contributed by atoms with E-state index in [0.717, 1.165) is 5.69 Å². The molecule has 2 aliphatic rings. The molecule has 2 aromatic carbocycles. The van der Waals surface area contributed by atoms with Gasteiger partial charge in [0.05, 0.1) is 0 Å². The van der Waals surface area contributed by atoms with E-state index in [2.05, 4.69) is 10.2 Å². The van der Waals surface area contributed by atoms with Crippen LogP contribution in [0, 0.1) is 5.82 Å². The lowest BCUT2D eigenvalue weighted by Crippen LogP contribution is -2.50. The molecule has 6 nitrogen and oxygen atoms in total. The lowest BCUT2D eigenvalue weighted by Gasteiger charge is -2.36. The molecule has 26 heavy (non-hydrogen) atoms. The number of anilines is 2. The summed E-state index contributed by atoms with van der Waals surface area (Å²) in [6.07, 6.45) is 0. The second-order valence-corrected chi connectivity index (χ2v) is 6.24. The van der Waals surface area contributed by atoms with Gasteiger partial charge in [-0.05, 0) is 30.3 Å². The number of hydrogen-bond acceptors (Lipinski definition) is 4. The van der Waals surface area contributed by atoms with Gasteiger partial charge in [-0.2, -0.15) is 0 Å². The van der Waals surface area contributed by atoms with Gasteiger partial charge < -0.3 is 24.6 Å². The van der Waals surface area contributed by atoms with Crippen molar-refractivity contribution in [1.82, 2.24) is 4.90 Å². The Labute approximate surface area is 151 Å². The number of ether oxygens (including phenoxy) is 2. The minimum atomic E-state index is -0.249. The van der Waals surface area contributed by atoms with Crippen LogP contribution in [-0.2, 0) is 0 Å². The van der Waals surface area contributed by atoms with E-state index in [9.17, 15) is 9.18 Å². The van der Waals surface area contributed by atoms with Gasteiger partial charge in [-0.3, -0.25) is 0 Å². The first-order valence-electron chi connectivity index (χ1n) is 8.65. The number of hydrogen-bond donors (Lipinski definition) is 1. The molecule has 0 atom stereocenters. The summed E-state index contributed by atoms with van der Waals surface area (Å²) >= 11 is 0. The van der Waals surface area contributed by atoms with Crippen molar-refractivity contribution >= 4 is 17.4 Å². The van der Waals surface area contributed by atoms with Crippen LogP contribution in [0.1, 0.15) is 0 Å². The van der Waals surface area contributed by atoms with Crippen molar-refractivity contribution < 1.29 is 18.7 Å². The first-order chi connectivity index (χ1) is 12.7. The van der Waals surface area contributed by atoms with Gasteiger partial charge in [-0.1, -0.05) is 6.07 Å². The van der Waals surface area contributed by atoms with E-state index < -0.39 is 0 Å². The third-order valence-electron chi connectivity index (χ3n) is 4.53. The van der Waals surface area contributed by atoms with Gasteiger partial charge in [-0.25, -0.2) is 9.18 Å². The maximum absolute atomic E-state index is 13.4. The van der Waals surface area contributed by atoms with Crippen molar-refractivity contribution in [3.63, 3.8) is 0 Å². The van der Waals surface area contributed by atoms with Gasteiger partial charge >= 0.3 is 6.03 Å². The fraction of sp³-hybridized carbons (Fsp3) is 0.316. The zero-order valence-electron chi connectivity index (χ0n) is 14.3. The summed E-state index contributed by atoms with van der Waals surface area (Å²) in [5.74, 6) is 1.09. The van der Waals surface area contributed by atoms with Crippen LogP contribution < -0.4 is 19.7 Å². The van der Waals surface area contributed by atoms with E-state index in [1.165, 1.54) is 12.1 Å². The standard InChI is InChI=1S/C19H20FN3O3/c20-14-2-1-3-16(12-14)22-6-8-23(9-7-22)19(24)21-15-4-5-17-18(13-15)26-11-10-25-17/h1-5,12-13H,6-11H2,(H,21,24). The summed E-state index contributed by atoms with van der Waals surface area (Å²) in [5, 5.41) is 2.90. The molecule has 1 N–H and O–H groups in total. The predicted molar refractivity (Wildman–Crippen MR) is 96.6 cm³/mol. The Morgan fingerprint density at radius 3 is 2.50 bits per heavy atom. The Bertz CT molecular complexity index is 806. The normalized spacial score (nSPS) is 16.3. The molecule has 0 aliphatic carbocycles. The van der Waals surface area contributed by atoms with Crippen LogP contribution >= 0.6 is 0 Å². The number of amides is 2. The Balaban J connectivity index is 1.35. The molecular formula is C19H20FN3O3. The molecule has 0 bridgehead atoms. The molecule has 0 radical (unpaired) electrons. The maximum Gasteiger partial charge on any atom is 0.321 e. The quantitative estimate of drug-likeness (QED) is 0.898. The average Bonchev–Trinajstić information content (AvgIpc) is 2.68. The minimum absolute atomic E-state index is 0.152.